The van der Waals surface area contributed by atoms with Crippen molar-refractivity contribution in [3.05, 3.63) is 17.5 Å². The molecule has 0 aliphatic heterocycles. The lowest BCUT2D eigenvalue weighted by molar-refractivity contribution is 0.416. The maximum absolute atomic E-state index is 6.21. The van der Waals surface area contributed by atoms with Gasteiger partial charge >= 0.3 is 0 Å². The van der Waals surface area contributed by atoms with Crippen molar-refractivity contribution in [3.8, 4) is 0 Å². The molecular formula is C11H17N3. The van der Waals surface area contributed by atoms with E-state index in [4.69, 9.17) is 5.73 Å². The van der Waals surface area contributed by atoms with Gasteiger partial charge in [-0.25, -0.2) is 0 Å². The van der Waals surface area contributed by atoms with Gasteiger partial charge in [0.25, 0.3) is 0 Å². The van der Waals surface area contributed by atoms with Crippen LogP contribution in [0.1, 0.15) is 36.9 Å². The lowest BCUT2D eigenvalue weighted by Crippen LogP contribution is -2.35. The Morgan fingerprint density at radius 1 is 1.57 bits per heavy atom. The number of hydrogen-bond acceptors (Lipinski definition) is 2. The first kappa shape index (κ1) is 8.48. The second-order valence-electron chi connectivity index (χ2n) is 4.59. The topological polar surface area (TPSA) is 43.8 Å². The molecule has 1 saturated carbocycles. The molecule has 2 N–H and O–H groups in total. The maximum Gasteiger partial charge on any atom is 0.0528 e. The van der Waals surface area contributed by atoms with Crippen LogP contribution in [0.25, 0.3) is 0 Å². The summed E-state index contributed by atoms with van der Waals surface area (Å²) < 4.78 is 2.15. The molecule has 3 rings (SSSR count). The first-order valence-corrected chi connectivity index (χ1v) is 5.61. The van der Waals surface area contributed by atoms with Gasteiger partial charge in [-0.1, -0.05) is 0 Å². The van der Waals surface area contributed by atoms with Gasteiger partial charge in [-0.05, 0) is 37.7 Å². The third-order valence-corrected chi connectivity index (χ3v) is 3.99. The van der Waals surface area contributed by atoms with E-state index in [-0.39, 0.29) is 0 Å². The Kier molecular flexibility index (Phi) is 1.71. The predicted molar refractivity (Wildman–Crippen MR) is 55.0 cm³/mol. The molecule has 2 bridgehead atoms. The minimum atomic E-state index is 0.400. The molecule has 0 unspecified atom stereocenters. The van der Waals surface area contributed by atoms with Crippen LogP contribution >= 0.6 is 0 Å². The fourth-order valence-corrected chi connectivity index (χ4v) is 3.19. The Bertz CT molecular complexity index is 355. The maximum atomic E-state index is 6.21. The van der Waals surface area contributed by atoms with Crippen molar-refractivity contribution < 1.29 is 0 Å². The summed E-state index contributed by atoms with van der Waals surface area (Å²) in [5, 5.41) is 4.43. The predicted octanol–water partition coefficient (Wildman–Crippen LogP) is 1.28. The smallest absolute Gasteiger partial charge is 0.0528 e. The standard InChI is InChI=1S/C11H17N3/c1-2-14-10-5-7-3-4-8(11(7)12)9(10)6-13-14/h6-8,11H,2-5,12H2,1H3/t7-,8-,11+/m1/s1. The van der Waals surface area contributed by atoms with Crippen molar-refractivity contribution in [3.63, 3.8) is 0 Å². The molecule has 0 spiro atoms. The molecule has 2 aliphatic rings. The number of rotatable bonds is 1. The molecule has 1 heterocycles. The van der Waals surface area contributed by atoms with E-state index in [9.17, 15) is 0 Å². The van der Waals surface area contributed by atoms with Gasteiger partial charge in [-0.3, -0.25) is 4.68 Å². The van der Waals surface area contributed by atoms with Gasteiger partial charge in [0.05, 0.1) is 6.20 Å². The molecular weight excluding hydrogens is 174 g/mol. The summed E-state index contributed by atoms with van der Waals surface area (Å²) in [7, 11) is 0. The highest BCUT2D eigenvalue weighted by molar-refractivity contribution is 5.31. The Morgan fingerprint density at radius 2 is 2.43 bits per heavy atom. The van der Waals surface area contributed by atoms with Crippen molar-refractivity contribution >= 4 is 0 Å². The van der Waals surface area contributed by atoms with E-state index >= 15 is 0 Å². The normalized spacial score (nSPS) is 34.6. The lowest BCUT2D eigenvalue weighted by atomic mass is 9.83. The van der Waals surface area contributed by atoms with E-state index in [1.165, 1.54) is 24.1 Å². The summed E-state index contributed by atoms with van der Waals surface area (Å²) in [6.45, 7) is 3.15. The number of aryl methyl sites for hydroxylation is 1. The van der Waals surface area contributed by atoms with Gasteiger partial charge in [0, 0.05) is 24.2 Å². The molecule has 3 nitrogen and oxygen atoms in total. The van der Waals surface area contributed by atoms with Crippen LogP contribution < -0.4 is 5.73 Å². The molecule has 76 valence electrons. The molecule has 1 aromatic rings. The van der Waals surface area contributed by atoms with Crippen LogP contribution in [-0.4, -0.2) is 15.8 Å². The Labute approximate surface area is 84.3 Å². The fraction of sp³-hybridized carbons (Fsp3) is 0.727. The zero-order chi connectivity index (χ0) is 9.71. The number of aromatic nitrogens is 2. The van der Waals surface area contributed by atoms with Crippen LogP contribution in [0.4, 0.5) is 0 Å². The Morgan fingerprint density at radius 3 is 3.21 bits per heavy atom. The van der Waals surface area contributed by atoms with Crippen LogP contribution in [0.15, 0.2) is 6.20 Å². The van der Waals surface area contributed by atoms with Gasteiger partial charge in [-0.2, -0.15) is 5.10 Å². The van der Waals surface area contributed by atoms with Gasteiger partial charge in [-0.15, -0.1) is 0 Å². The minimum absolute atomic E-state index is 0.400. The quantitative estimate of drug-likeness (QED) is 0.726. The van der Waals surface area contributed by atoms with E-state index in [2.05, 4.69) is 16.7 Å². The van der Waals surface area contributed by atoms with Crippen LogP contribution in [0, 0.1) is 5.92 Å². The highest BCUT2D eigenvalue weighted by Gasteiger charge is 2.41. The molecule has 3 atom stereocenters. The SMILES string of the molecule is CCn1ncc2c1C[C@H]1CC[C@H]2[C@H]1N. The third kappa shape index (κ3) is 0.934. The van der Waals surface area contributed by atoms with E-state index in [1.54, 1.807) is 0 Å². The summed E-state index contributed by atoms with van der Waals surface area (Å²) in [6.07, 6.45) is 5.78. The second-order valence-corrected chi connectivity index (χ2v) is 4.59. The molecule has 0 saturated heterocycles. The lowest BCUT2D eigenvalue weighted by Gasteiger charge is -2.27. The first-order chi connectivity index (χ1) is 6.81. The molecule has 0 radical (unpaired) electrons. The van der Waals surface area contributed by atoms with Crippen molar-refractivity contribution in [1.29, 1.82) is 0 Å². The number of nitrogens with zero attached hydrogens (tertiary/aromatic N) is 2. The van der Waals surface area contributed by atoms with E-state index in [0.717, 1.165) is 18.9 Å². The van der Waals surface area contributed by atoms with Crippen LogP contribution in [0.5, 0.6) is 0 Å². The summed E-state index contributed by atoms with van der Waals surface area (Å²) >= 11 is 0. The summed E-state index contributed by atoms with van der Waals surface area (Å²) in [4.78, 5) is 0. The molecule has 1 aromatic heterocycles. The molecule has 1 fully saturated rings. The van der Waals surface area contributed by atoms with Crippen molar-refractivity contribution in [2.75, 3.05) is 0 Å². The molecule has 2 aliphatic carbocycles. The van der Waals surface area contributed by atoms with Gasteiger partial charge in [0.15, 0.2) is 0 Å². The molecule has 0 aromatic carbocycles. The van der Waals surface area contributed by atoms with E-state index in [1.807, 2.05) is 6.20 Å². The number of nitrogens with two attached hydrogens (primary N) is 1. The van der Waals surface area contributed by atoms with Crippen LogP contribution in [0.2, 0.25) is 0 Å². The summed E-state index contributed by atoms with van der Waals surface area (Å²) in [6, 6.07) is 0.400. The molecule has 3 heteroatoms. The fourth-order valence-electron chi connectivity index (χ4n) is 3.19. The Balaban J connectivity index is 2.08. The average molecular weight is 191 g/mol. The van der Waals surface area contributed by atoms with Gasteiger partial charge < -0.3 is 5.73 Å². The molecule has 14 heavy (non-hydrogen) atoms. The van der Waals surface area contributed by atoms with Crippen LogP contribution in [0.3, 0.4) is 0 Å². The van der Waals surface area contributed by atoms with Crippen molar-refractivity contribution in [2.24, 2.45) is 11.7 Å². The van der Waals surface area contributed by atoms with Gasteiger partial charge in [0.2, 0.25) is 0 Å². The highest BCUT2D eigenvalue weighted by atomic mass is 15.3. The Hall–Kier alpha value is -0.830. The third-order valence-electron chi connectivity index (χ3n) is 3.99. The second kappa shape index (κ2) is 2.83. The number of fused-ring (bicyclic) bond motifs is 4. The summed E-state index contributed by atoms with van der Waals surface area (Å²) in [5.41, 5.74) is 9.11. The monoisotopic (exact) mass is 191 g/mol. The largest absolute Gasteiger partial charge is 0.327 e. The average Bonchev–Trinajstić information content (AvgIpc) is 2.68. The van der Waals surface area contributed by atoms with Gasteiger partial charge in [0.1, 0.15) is 0 Å². The van der Waals surface area contributed by atoms with Crippen molar-refractivity contribution in [2.45, 2.75) is 44.7 Å². The number of hydrogen-bond donors (Lipinski definition) is 1. The first-order valence-electron chi connectivity index (χ1n) is 5.61. The van der Waals surface area contributed by atoms with E-state index in [0.29, 0.717) is 12.0 Å². The highest BCUT2D eigenvalue weighted by Crippen LogP contribution is 2.45. The summed E-state index contributed by atoms with van der Waals surface area (Å²) in [5.74, 6) is 1.32. The molecule has 0 amide bonds. The zero-order valence-electron chi connectivity index (χ0n) is 8.61. The van der Waals surface area contributed by atoms with Crippen LogP contribution in [-0.2, 0) is 13.0 Å². The minimum Gasteiger partial charge on any atom is -0.327 e. The van der Waals surface area contributed by atoms with E-state index < -0.39 is 0 Å². The zero-order valence-corrected chi connectivity index (χ0v) is 8.61. The van der Waals surface area contributed by atoms with Crippen molar-refractivity contribution in [1.82, 2.24) is 9.78 Å².